The molecule has 0 amide bonds. The summed E-state index contributed by atoms with van der Waals surface area (Å²) in [6.07, 6.45) is 1.92. The molecule has 0 atom stereocenters. The van der Waals surface area contributed by atoms with E-state index in [4.69, 9.17) is 10.0 Å². The fraction of sp³-hybridized carbons (Fsp3) is 0.182. The average molecular weight is 216 g/mol. The molecule has 0 aliphatic rings. The molecule has 5 heteroatoms. The summed E-state index contributed by atoms with van der Waals surface area (Å²) in [5.41, 5.74) is 2.53. The first-order valence-corrected chi connectivity index (χ1v) is 5.07. The predicted molar refractivity (Wildman–Crippen MR) is 62.9 cm³/mol. The van der Waals surface area contributed by atoms with Crippen LogP contribution in [-0.4, -0.2) is 26.7 Å². The minimum atomic E-state index is -1.53. The molecular weight excluding hydrogens is 203 g/mol. The molecule has 0 radical (unpaired) electrons. The highest BCUT2D eigenvalue weighted by Crippen LogP contribution is 2.12. The Morgan fingerprint density at radius 3 is 2.50 bits per heavy atom. The van der Waals surface area contributed by atoms with Crippen molar-refractivity contribution in [3.63, 3.8) is 0 Å². The van der Waals surface area contributed by atoms with Gasteiger partial charge in [0.05, 0.1) is 5.59 Å². The lowest BCUT2D eigenvalue weighted by Crippen LogP contribution is -2.33. The number of hydrogen-bond acceptors (Lipinski definition) is 3. The maximum absolute atomic E-state index is 9.05. The largest absolute Gasteiger partial charge is 0.508 e. The van der Waals surface area contributed by atoms with Crippen molar-refractivity contribution in [3.8, 4) is 5.82 Å². The minimum absolute atomic E-state index is 0.253. The Balaban J connectivity index is 2.48. The van der Waals surface area contributed by atoms with Crippen LogP contribution in [0.2, 0.25) is 0 Å². The summed E-state index contributed by atoms with van der Waals surface area (Å²) in [6, 6.07) is 7.17. The summed E-state index contributed by atoms with van der Waals surface area (Å²) >= 11 is 0. The highest BCUT2D eigenvalue weighted by Gasteiger charge is 2.13. The van der Waals surface area contributed by atoms with Crippen molar-refractivity contribution in [2.24, 2.45) is 0 Å². The van der Waals surface area contributed by atoms with Crippen LogP contribution in [0.15, 0.2) is 30.5 Å². The van der Waals surface area contributed by atoms with Crippen molar-refractivity contribution >= 4 is 12.7 Å². The molecular formula is C11H13BN2O2. The van der Waals surface area contributed by atoms with Gasteiger partial charge in [-0.15, -0.1) is 0 Å². The quantitative estimate of drug-likeness (QED) is 0.703. The summed E-state index contributed by atoms with van der Waals surface area (Å²) in [7, 11) is -1.53. The van der Waals surface area contributed by atoms with Crippen LogP contribution in [0.4, 0.5) is 0 Å². The van der Waals surface area contributed by atoms with Crippen LogP contribution in [0, 0.1) is 13.8 Å². The Hall–Kier alpha value is -1.59. The van der Waals surface area contributed by atoms with Crippen LogP contribution >= 0.6 is 0 Å². The molecule has 2 N–H and O–H groups in total. The number of aromatic nitrogens is 2. The Morgan fingerprint density at radius 1 is 1.19 bits per heavy atom. The lowest BCUT2D eigenvalue weighted by Gasteiger charge is -2.07. The molecule has 2 aromatic heterocycles. The predicted octanol–water partition coefficient (Wildman–Crippen LogP) is 0.169. The summed E-state index contributed by atoms with van der Waals surface area (Å²) in [5, 5.41) is 18.1. The van der Waals surface area contributed by atoms with Gasteiger partial charge < -0.3 is 14.6 Å². The van der Waals surface area contributed by atoms with E-state index in [2.05, 4.69) is 4.98 Å². The molecule has 0 fully saturated rings. The number of aryl methyl sites for hydroxylation is 1. The highest BCUT2D eigenvalue weighted by atomic mass is 16.4. The molecule has 0 unspecified atom stereocenters. The van der Waals surface area contributed by atoms with Crippen LogP contribution in [-0.2, 0) is 0 Å². The van der Waals surface area contributed by atoms with E-state index in [-0.39, 0.29) is 5.59 Å². The third kappa shape index (κ3) is 1.87. The van der Waals surface area contributed by atoms with Crippen LogP contribution in [0.5, 0.6) is 0 Å². The fourth-order valence-electron chi connectivity index (χ4n) is 1.57. The third-order valence-corrected chi connectivity index (χ3v) is 2.67. The van der Waals surface area contributed by atoms with Crippen molar-refractivity contribution in [2.75, 3.05) is 0 Å². The van der Waals surface area contributed by atoms with Crippen molar-refractivity contribution in [1.82, 2.24) is 9.55 Å². The van der Waals surface area contributed by atoms with Gasteiger partial charge in [-0.05, 0) is 37.6 Å². The molecule has 0 aliphatic heterocycles. The van der Waals surface area contributed by atoms with Crippen LogP contribution < -0.4 is 5.59 Å². The average Bonchev–Trinajstić information content (AvgIpc) is 2.60. The maximum atomic E-state index is 9.05. The first-order chi connectivity index (χ1) is 7.59. The normalized spacial score (nSPS) is 10.5. The lowest BCUT2D eigenvalue weighted by molar-refractivity contribution is 0.424. The molecule has 0 aliphatic carbocycles. The molecule has 2 aromatic rings. The number of pyridine rings is 1. The molecule has 0 spiro atoms. The zero-order valence-corrected chi connectivity index (χ0v) is 9.25. The Morgan fingerprint density at radius 2 is 1.94 bits per heavy atom. The zero-order valence-electron chi connectivity index (χ0n) is 9.25. The fourth-order valence-corrected chi connectivity index (χ4v) is 1.57. The van der Waals surface area contributed by atoms with Gasteiger partial charge in [0.2, 0.25) is 0 Å². The first kappa shape index (κ1) is 10.9. The van der Waals surface area contributed by atoms with E-state index in [1.165, 1.54) is 5.56 Å². The number of hydrogen-bond donors (Lipinski definition) is 2. The third-order valence-electron chi connectivity index (χ3n) is 2.67. The molecule has 2 rings (SSSR count). The van der Waals surface area contributed by atoms with Crippen molar-refractivity contribution in [1.29, 1.82) is 0 Å². The number of rotatable bonds is 2. The molecule has 16 heavy (non-hydrogen) atoms. The van der Waals surface area contributed by atoms with E-state index in [0.717, 1.165) is 5.69 Å². The molecule has 4 nitrogen and oxygen atoms in total. The highest BCUT2D eigenvalue weighted by molar-refractivity contribution is 6.57. The summed E-state index contributed by atoms with van der Waals surface area (Å²) in [5.74, 6) is 0.691. The summed E-state index contributed by atoms with van der Waals surface area (Å²) < 4.78 is 1.92. The monoisotopic (exact) mass is 216 g/mol. The molecule has 0 aromatic carbocycles. The van der Waals surface area contributed by atoms with Gasteiger partial charge in [-0.2, -0.15) is 0 Å². The van der Waals surface area contributed by atoms with Crippen molar-refractivity contribution < 1.29 is 10.0 Å². The zero-order chi connectivity index (χ0) is 11.7. The SMILES string of the molecule is Cc1ccn(-c2cccc(B(O)O)n2)c1C. The van der Waals surface area contributed by atoms with Gasteiger partial charge in [-0.3, -0.25) is 0 Å². The number of nitrogens with zero attached hydrogens (tertiary/aromatic N) is 2. The smallest absolute Gasteiger partial charge is 0.422 e. The molecule has 0 saturated carbocycles. The maximum Gasteiger partial charge on any atom is 0.508 e. The van der Waals surface area contributed by atoms with Crippen molar-refractivity contribution in [3.05, 3.63) is 41.7 Å². The second-order valence-electron chi connectivity index (χ2n) is 3.75. The first-order valence-electron chi connectivity index (χ1n) is 5.07. The van der Waals surface area contributed by atoms with E-state index in [9.17, 15) is 0 Å². The van der Waals surface area contributed by atoms with Crippen LogP contribution in [0.25, 0.3) is 5.82 Å². The molecule has 0 bridgehead atoms. The van der Waals surface area contributed by atoms with Gasteiger partial charge in [0, 0.05) is 11.9 Å². The Kier molecular flexibility index (Phi) is 2.81. The molecule has 0 saturated heterocycles. The van der Waals surface area contributed by atoms with E-state index in [0.29, 0.717) is 5.82 Å². The second-order valence-corrected chi connectivity index (χ2v) is 3.75. The lowest BCUT2D eigenvalue weighted by atomic mass is 9.86. The van der Waals surface area contributed by atoms with Crippen molar-refractivity contribution in [2.45, 2.75) is 13.8 Å². The van der Waals surface area contributed by atoms with Gasteiger partial charge in [-0.25, -0.2) is 4.98 Å². The van der Waals surface area contributed by atoms with E-state index in [1.54, 1.807) is 12.1 Å². The standard InChI is InChI=1S/C11H13BN2O2/c1-8-6-7-14(9(8)2)11-5-3-4-10(13-11)12(15)16/h3-7,15-16H,1-2H3. The van der Waals surface area contributed by atoms with Gasteiger partial charge in [0.1, 0.15) is 5.82 Å². The molecule has 2 heterocycles. The topological polar surface area (TPSA) is 58.3 Å². The minimum Gasteiger partial charge on any atom is -0.422 e. The van der Waals surface area contributed by atoms with Crippen LogP contribution in [0.1, 0.15) is 11.3 Å². The van der Waals surface area contributed by atoms with Gasteiger partial charge >= 0.3 is 7.12 Å². The second kappa shape index (κ2) is 4.12. The Labute approximate surface area is 94.3 Å². The van der Waals surface area contributed by atoms with Gasteiger partial charge in [0.15, 0.2) is 0 Å². The van der Waals surface area contributed by atoms with Crippen LogP contribution in [0.3, 0.4) is 0 Å². The van der Waals surface area contributed by atoms with E-state index >= 15 is 0 Å². The Bertz CT molecular complexity index is 508. The van der Waals surface area contributed by atoms with E-state index < -0.39 is 7.12 Å². The summed E-state index contributed by atoms with van der Waals surface area (Å²) in [6.45, 7) is 4.02. The van der Waals surface area contributed by atoms with Gasteiger partial charge in [-0.1, -0.05) is 6.07 Å². The molecule has 82 valence electrons. The van der Waals surface area contributed by atoms with E-state index in [1.807, 2.05) is 36.7 Å². The van der Waals surface area contributed by atoms with Gasteiger partial charge in [0.25, 0.3) is 0 Å². The summed E-state index contributed by atoms with van der Waals surface area (Å²) in [4.78, 5) is 4.18.